The lowest BCUT2D eigenvalue weighted by Gasteiger charge is -2.10. The van der Waals surface area contributed by atoms with Gasteiger partial charge in [-0.3, -0.25) is 4.79 Å². The SMILES string of the molecule is CCOC(=O)c1c(-c2ccc(C(C)C)cc2)csc1NC(=O)CCc1ccccc1. The fourth-order valence-electron chi connectivity index (χ4n) is 3.21. The Hall–Kier alpha value is -2.92. The Labute approximate surface area is 181 Å². The zero-order chi connectivity index (χ0) is 21.5. The number of amides is 1. The molecule has 0 atom stereocenters. The quantitative estimate of drug-likeness (QED) is 0.435. The van der Waals surface area contributed by atoms with E-state index >= 15 is 0 Å². The van der Waals surface area contributed by atoms with E-state index in [0.29, 0.717) is 29.3 Å². The van der Waals surface area contributed by atoms with Crippen LogP contribution in [0, 0.1) is 0 Å². The average molecular weight is 422 g/mol. The van der Waals surface area contributed by atoms with Gasteiger partial charge in [0.15, 0.2) is 0 Å². The van der Waals surface area contributed by atoms with E-state index in [1.807, 2.05) is 47.8 Å². The molecule has 4 nitrogen and oxygen atoms in total. The first-order chi connectivity index (χ1) is 14.5. The van der Waals surface area contributed by atoms with Gasteiger partial charge in [0.25, 0.3) is 0 Å². The number of hydrogen-bond acceptors (Lipinski definition) is 4. The summed E-state index contributed by atoms with van der Waals surface area (Å²) in [6.45, 7) is 6.35. The first-order valence-corrected chi connectivity index (χ1v) is 11.1. The number of rotatable bonds is 8. The number of benzene rings is 2. The second-order valence-corrected chi connectivity index (χ2v) is 8.26. The minimum atomic E-state index is -0.417. The van der Waals surface area contributed by atoms with Crippen LogP contribution in [-0.2, 0) is 16.0 Å². The Morgan fingerprint density at radius 3 is 2.37 bits per heavy atom. The van der Waals surface area contributed by atoms with Crippen molar-refractivity contribution in [3.63, 3.8) is 0 Å². The number of carbonyl (C=O) groups excluding carboxylic acids is 2. The largest absolute Gasteiger partial charge is 0.462 e. The standard InChI is InChI=1S/C25H27NO3S/c1-4-29-25(28)23-21(20-13-11-19(12-14-20)17(2)3)16-30-24(23)26-22(27)15-10-18-8-6-5-7-9-18/h5-9,11-14,16-17H,4,10,15H2,1-3H3,(H,26,27). The lowest BCUT2D eigenvalue weighted by molar-refractivity contribution is -0.116. The number of ether oxygens (including phenoxy) is 1. The van der Waals surface area contributed by atoms with Gasteiger partial charge in [0.05, 0.1) is 6.61 Å². The predicted molar refractivity (Wildman–Crippen MR) is 123 cm³/mol. The zero-order valence-electron chi connectivity index (χ0n) is 17.6. The summed E-state index contributed by atoms with van der Waals surface area (Å²) in [5.41, 5.74) is 4.49. The molecule has 0 saturated carbocycles. The summed E-state index contributed by atoms with van der Waals surface area (Å²) in [6.07, 6.45) is 0.999. The minimum absolute atomic E-state index is 0.118. The highest BCUT2D eigenvalue weighted by Crippen LogP contribution is 2.37. The molecule has 30 heavy (non-hydrogen) atoms. The Morgan fingerprint density at radius 1 is 1.03 bits per heavy atom. The molecule has 0 aliphatic carbocycles. The van der Waals surface area contributed by atoms with Gasteiger partial charge in [0.2, 0.25) is 5.91 Å². The fourth-order valence-corrected chi connectivity index (χ4v) is 4.18. The molecule has 0 unspecified atom stereocenters. The van der Waals surface area contributed by atoms with Crippen LogP contribution in [0.4, 0.5) is 5.00 Å². The maximum absolute atomic E-state index is 12.7. The number of thiophene rings is 1. The highest BCUT2D eigenvalue weighted by Gasteiger charge is 2.22. The third-order valence-corrected chi connectivity index (χ3v) is 5.79. The van der Waals surface area contributed by atoms with Gasteiger partial charge in [0.1, 0.15) is 10.6 Å². The number of carbonyl (C=O) groups is 2. The normalized spacial score (nSPS) is 10.8. The molecule has 0 fully saturated rings. The molecule has 0 radical (unpaired) electrons. The molecule has 0 aliphatic heterocycles. The Kier molecular flexibility index (Phi) is 7.41. The molecule has 2 aromatic carbocycles. The smallest absolute Gasteiger partial charge is 0.341 e. The van der Waals surface area contributed by atoms with Gasteiger partial charge >= 0.3 is 5.97 Å². The first-order valence-electron chi connectivity index (χ1n) is 10.2. The van der Waals surface area contributed by atoms with E-state index in [9.17, 15) is 9.59 Å². The number of hydrogen-bond donors (Lipinski definition) is 1. The molecule has 1 N–H and O–H groups in total. The third-order valence-electron chi connectivity index (χ3n) is 4.90. The van der Waals surface area contributed by atoms with Crippen molar-refractivity contribution < 1.29 is 14.3 Å². The average Bonchev–Trinajstić information content (AvgIpc) is 3.16. The maximum atomic E-state index is 12.7. The fraction of sp³-hybridized carbons (Fsp3) is 0.280. The van der Waals surface area contributed by atoms with E-state index in [2.05, 4.69) is 31.3 Å². The molecule has 0 bridgehead atoms. The van der Waals surface area contributed by atoms with Gasteiger partial charge in [-0.1, -0.05) is 68.4 Å². The molecule has 0 saturated heterocycles. The lowest BCUT2D eigenvalue weighted by Crippen LogP contribution is -2.15. The summed E-state index contributed by atoms with van der Waals surface area (Å²) >= 11 is 1.35. The summed E-state index contributed by atoms with van der Waals surface area (Å²) < 4.78 is 5.28. The van der Waals surface area contributed by atoms with Crippen molar-refractivity contribution in [3.8, 4) is 11.1 Å². The van der Waals surface area contributed by atoms with Crippen LogP contribution < -0.4 is 5.32 Å². The van der Waals surface area contributed by atoms with Gasteiger partial charge < -0.3 is 10.1 Å². The Morgan fingerprint density at radius 2 is 1.73 bits per heavy atom. The van der Waals surface area contributed by atoms with Crippen LogP contribution >= 0.6 is 11.3 Å². The van der Waals surface area contributed by atoms with Gasteiger partial charge in [0, 0.05) is 17.4 Å². The van der Waals surface area contributed by atoms with Crippen molar-refractivity contribution in [2.75, 3.05) is 11.9 Å². The summed E-state index contributed by atoms with van der Waals surface area (Å²) in [7, 11) is 0. The molecule has 5 heteroatoms. The number of anilines is 1. The summed E-state index contributed by atoms with van der Waals surface area (Å²) in [6, 6.07) is 18.1. The van der Waals surface area contributed by atoms with Gasteiger partial charge in [-0.2, -0.15) is 0 Å². The van der Waals surface area contributed by atoms with Gasteiger partial charge in [-0.25, -0.2) is 4.79 Å². The lowest BCUT2D eigenvalue weighted by atomic mass is 9.98. The molecule has 3 rings (SSSR count). The molecular formula is C25H27NO3S. The monoisotopic (exact) mass is 421 g/mol. The second-order valence-electron chi connectivity index (χ2n) is 7.38. The minimum Gasteiger partial charge on any atom is -0.462 e. The molecule has 0 spiro atoms. The molecular weight excluding hydrogens is 394 g/mol. The van der Waals surface area contributed by atoms with Crippen LogP contribution in [0.3, 0.4) is 0 Å². The van der Waals surface area contributed by atoms with E-state index in [-0.39, 0.29) is 12.5 Å². The van der Waals surface area contributed by atoms with Crippen LogP contribution in [0.1, 0.15) is 54.6 Å². The maximum Gasteiger partial charge on any atom is 0.341 e. The zero-order valence-corrected chi connectivity index (χ0v) is 18.4. The predicted octanol–water partition coefficient (Wildman–Crippen LogP) is 6.29. The van der Waals surface area contributed by atoms with Crippen LogP contribution in [0.25, 0.3) is 11.1 Å². The molecule has 156 valence electrons. The number of nitrogens with one attached hydrogen (secondary N) is 1. The third kappa shape index (κ3) is 5.36. The van der Waals surface area contributed by atoms with Gasteiger partial charge in [-0.05, 0) is 36.0 Å². The van der Waals surface area contributed by atoms with E-state index in [4.69, 9.17) is 4.74 Å². The van der Waals surface area contributed by atoms with Gasteiger partial charge in [-0.15, -0.1) is 11.3 Å². The molecule has 1 aromatic heterocycles. The number of aryl methyl sites for hydroxylation is 1. The van der Waals surface area contributed by atoms with Crippen molar-refractivity contribution in [2.45, 2.75) is 39.5 Å². The summed E-state index contributed by atoms with van der Waals surface area (Å²) in [5, 5.41) is 5.36. The Bertz CT molecular complexity index is 991. The van der Waals surface area contributed by atoms with E-state index in [1.165, 1.54) is 16.9 Å². The van der Waals surface area contributed by atoms with Crippen molar-refractivity contribution in [3.05, 3.63) is 76.7 Å². The second kappa shape index (κ2) is 10.2. The highest BCUT2D eigenvalue weighted by atomic mass is 32.1. The molecule has 3 aromatic rings. The Balaban J connectivity index is 1.81. The molecule has 1 heterocycles. The van der Waals surface area contributed by atoms with Crippen LogP contribution in [0.2, 0.25) is 0 Å². The van der Waals surface area contributed by atoms with E-state index < -0.39 is 5.97 Å². The van der Waals surface area contributed by atoms with Crippen LogP contribution in [0.15, 0.2) is 60.0 Å². The molecule has 1 amide bonds. The number of esters is 1. The van der Waals surface area contributed by atoms with E-state index in [0.717, 1.165) is 16.7 Å². The summed E-state index contributed by atoms with van der Waals surface area (Å²) in [4.78, 5) is 25.2. The van der Waals surface area contributed by atoms with Crippen molar-refractivity contribution in [1.82, 2.24) is 0 Å². The van der Waals surface area contributed by atoms with Crippen molar-refractivity contribution >= 4 is 28.2 Å². The molecule has 0 aliphatic rings. The first kappa shape index (κ1) is 21.8. The topological polar surface area (TPSA) is 55.4 Å². The van der Waals surface area contributed by atoms with E-state index in [1.54, 1.807) is 6.92 Å². The van der Waals surface area contributed by atoms with Crippen LogP contribution in [-0.4, -0.2) is 18.5 Å². The van der Waals surface area contributed by atoms with Crippen molar-refractivity contribution in [1.29, 1.82) is 0 Å². The highest BCUT2D eigenvalue weighted by molar-refractivity contribution is 7.15. The summed E-state index contributed by atoms with van der Waals surface area (Å²) in [5.74, 6) is -0.0986. The van der Waals surface area contributed by atoms with Crippen LogP contribution in [0.5, 0.6) is 0 Å². The van der Waals surface area contributed by atoms with Crippen molar-refractivity contribution in [2.24, 2.45) is 0 Å².